The predicted octanol–water partition coefficient (Wildman–Crippen LogP) is 4.83. The Balaban J connectivity index is 1.37. The lowest BCUT2D eigenvalue weighted by Crippen LogP contribution is -2.27. The second kappa shape index (κ2) is 11.1. The first-order valence-electron chi connectivity index (χ1n) is 13.0. The Bertz CT molecular complexity index is 1280. The van der Waals surface area contributed by atoms with Crippen LogP contribution in [0.4, 0.5) is 29.2 Å². The van der Waals surface area contributed by atoms with Crippen LogP contribution in [0.5, 0.6) is 5.88 Å². The number of ether oxygens (including phenoxy) is 3. The van der Waals surface area contributed by atoms with Crippen LogP contribution in [0.25, 0.3) is 10.9 Å². The Morgan fingerprint density at radius 2 is 1.74 bits per heavy atom. The summed E-state index contributed by atoms with van der Waals surface area (Å²) in [4.78, 5) is 10.4. The number of rotatable bonds is 8. The largest absolute Gasteiger partial charge is 0.472 e. The number of fused-ring (bicyclic) bond motifs is 1. The number of hydrogen-bond donors (Lipinski definition) is 1. The number of halogens is 4. The van der Waals surface area contributed by atoms with Gasteiger partial charge >= 0.3 is 6.18 Å². The number of hydrogen-bond acceptors (Lipinski definition) is 8. The summed E-state index contributed by atoms with van der Waals surface area (Å²) in [5, 5.41) is 9.18. The van der Waals surface area contributed by atoms with Crippen molar-refractivity contribution in [2.45, 2.75) is 63.1 Å². The maximum Gasteiger partial charge on any atom is 0.419 e. The van der Waals surface area contributed by atoms with E-state index in [9.17, 15) is 17.6 Å². The van der Waals surface area contributed by atoms with Crippen molar-refractivity contribution < 1.29 is 31.8 Å². The van der Waals surface area contributed by atoms with Gasteiger partial charge in [0.05, 0.1) is 22.5 Å². The Morgan fingerprint density at radius 1 is 1.05 bits per heavy atom. The fraction of sp³-hybridized carbons (Fsp3) is 0.577. The van der Waals surface area contributed by atoms with Gasteiger partial charge in [-0.15, -0.1) is 0 Å². The molecular weight excluding hydrogens is 520 g/mol. The normalized spacial score (nSPS) is 23.9. The summed E-state index contributed by atoms with van der Waals surface area (Å²) in [6.07, 6.45) is -0.339. The van der Waals surface area contributed by atoms with Crippen molar-refractivity contribution in [2.75, 3.05) is 44.1 Å². The molecule has 0 aromatic carbocycles. The number of nitrogens with one attached hydrogen (secondary N) is 1. The first-order valence-corrected chi connectivity index (χ1v) is 13.0. The molecule has 212 valence electrons. The van der Waals surface area contributed by atoms with E-state index in [1.54, 1.807) is 14.2 Å². The minimum absolute atomic E-state index is 0.0244. The fourth-order valence-corrected chi connectivity index (χ4v) is 5.47. The predicted molar refractivity (Wildman–Crippen MR) is 137 cm³/mol. The van der Waals surface area contributed by atoms with Crippen LogP contribution in [-0.4, -0.2) is 71.9 Å². The molecule has 39 heavy (non-hydrogen) atoms. The highest BCUT2D eigenvalue weighted by atomic mass is 19.4. The lowest BCUT2D eigenvalue weighted by molar-refractivity contribution is -0.140. The van der Waals surface area contributed by atoms with Crippen LogP contribution in [0.2, 0.25) is 0 Å². The van der Waals surface area contributed by atoms with E-state index in [-0.39, 0.29) is 18.2 Å². The van der Waals surface area contributed by atoms with Gasteiger partial charge in [-0.25, -0.2) is 14.4 Å². The van der Waals surface area contributed by atoms with Crippen LogP contribution >= 0.6 is 0 Å². The third kappa shape index (κ3) is 5.46. The molecule has 2 aliphatic rings. The monoisotopic (exact) mass is 552 g/mol. The van der Waals surface area contributed by atoms with Crippen molar-refractivity contribution in [3.8, 4) is 5.88 Å². The van der Waals surface area contributed by atoms with Crippen LogP contribution in [0.1, 0.15) is 44.2 Å². The molecule has 0 bridgehead atoms. The van der Waals surface area contributed by atoms with Gasteiger partial charge in [-0.3, -0.25) is 4.68 Å². The second-order valence-electron chi connectivity index (χ2n) is 9.86. The number of anilines is 2. The van der Waals surface area contributed by atoms with Crippen LogP contribution < -0.4 is 15.0 Å². The van der Waals surface area contributed by atoms with Crippen molar-refractivity contribution in [1.82, 2.24) is 19.7 Å². The second-order valence-corrected chi connectivity index (χ2v) is 9.86. The van der Waals surface area contributed by atoms with Gasteiger partial charge in [0.2, 0.25) is 0 Å². The van der Waals surface area contributed by atoms with E-state index in [2.05, 4.69) is 20.2 Å². The van der Waals surface area contributed by atoms with Crippen molar-refractivity contribution in [2.24, 2.45) is 0 Å². The number of methoxy groups -OCH3 is 2. The standard InChI is InChI=1S/C26H32F4N6O3/c1-4-31-22-11-19-17(12-33-22)24(35-13-20(37-2)21(14-35)38-3)34-36(19)15-5-7-16(8-6-15)39-25-23(27)18(9-10-32-25)26(28,29)30/h9-12,15-16,20-21H,4-8,13-14H2,1-3H3,(H,31,33)/t15?,16?,20-,21-/m1/s1. The third-order valence-corrected chi connectivity index (χ3v) is 7.48. The molecule has 5 rings (SSSR count). The summed E-state index contributed by atoms with van der Waals surface area (Å²) in [6, 6.07) is 2.62. The molecular formula is C26H32F4N6O3. The average molecular weight is 553 g/mol. The van der Waals surface area contributed by atoms with Crippen molar-refractivity contribution in [1.29, 1.82) is 0 Å². The highest BCUT2D eigenvalue weighted by Crippen LogP contribution is 2.38. The Labute approximate surface area is 223 Å². The summed E-state index contributed by atoms with van der Waals surface area (Å²) in [7, 11) is 3.34. The van der Waals surface area contributed by atoms with Gasteiger partial charge < -0.3 is 24.4 Å². The van der Waals surface area contributed by atoms with Gasteiger partial charge in [0, 0.05) is 52.3 Å². The molecule has 2 atom stereocenters. The van der Waals surface area contributed by atoms with Gasteiger partial charge in [-0.1, -0.05) is 0 Å². The zero-order valence-corrected chi connectivity index (χ0v) is 22.0. The van der Waals surface area contributed by atoms with E-state index < -0.39 is 29.5 Å². The molecule has 9 nitrogen and oxygen atoms in total. The van der Waals surface area contributed by atoms with Crippen molar-refractivity contribution in [3.63, 3.8) is 0 Å². The summed E-state index contributed by atoms with van der Waals surface area (Å²) in [5.41, 5.74) is -0.448. The zero-order chi connectivity index (χ0) is 27.7. The average Bonchev–Trinajstić information content (AvgIpc) is 3.51. The zero-order valence-electron chi connectivity index (χ0n) is 22.0. The summed E-state index contributed by atoms with van der Waals surface area (Å²) < 4.78 is 72.5. The highest BCUT2D eigenvalue weighted by molar-refractivity contribution is 5.91. The minimum Gasteiger partial charge on any atom is -0.472 e. The Kier molecular flexibility index (Phi) is 7.81. The van der Waals surface area contributed by atoms with E-state index >= 15 is 0 Å². The van der Waals surface area contributed by atoms with Gasteiger partial charge in [-0.2, -0.15) is 18.3 Å². The maximum absolute atomic E-state index is 14.4. The lowest BCUT2D eigenvalue weighted by atomic mass is 9.93. The SMILES string of the molecule is CCNc1cc2c(cn1)c(N1C[C@@H](OC)[C@H](OC)C1)nn2C1CCC(Oc2nccc(C(F)(F)F)c2F)CC1. The number of nitrogens with zero attached hydrogens (tertiary/aromatic N) is 5. The molecule has 0 amide bonds. The number of pyridine rings is 2. The van der Waals surface area contributed by atoms with Gasteiger partial charge in [-0.05, 0) is 38.7 Å². The molecule has 1 aliphatic carbocycles. The summed E-state index contributed by atoms with van der Waals surface area (Å²) in [5.74, 6) is -0.550. The Hall–Kier alpha value is -3.19. The van der Waals surface area contributed by atoms with E-state index in [0.717, 1.165) is 35.3 Å². The molecule has 1 saturated heterocycles. The third-order valence-electron chi connectivity index (χ3n) is 7.48. The molecule has 1 N–H and O–H groups in total. The van der Waals surface area contributed by atoms with Gasteiger partial charge in [0.1, 0.15) is 24.1 Å². The molecule has 1 saturated carbocycles. The molecule has 3 aromatic rings. The van der Waals surface area contributed by atoms with Crippen LogP contribution in [0, 0.1) is 5.82 Å². The van der Waals surface area contributed by atoms with E-state index in [0.29, 0.717) is 44.8 Å². The summed E-state index contributed by atoms with van der Waals surface area (Å²) >= 11 is 0. The van der Waals surface area contributed by atoms with Crippen molar-refractivity contribution in [3.05, 3.63) is 35.9 Å². The smallest absolute Gasteiger partial charge is 0.419 e. The maximum atomic E-state index is 14.4. The minimum atomic E-state index is -4.82. The lowest BCUT2D eigenvalue weighted by Gasteiger charge is -2.29. The molecule has 4 heterocycles. The molecule has 1 aliphatic heterocycles. The van der Waals surface area contributed by atoms with E-state index in [1.807, 2.05) is 23.9 Å². The molecule has 0 unspecified atom stereocenters. The molecule has 2 fully saturated rings. The molecule has 13 heteroatoms. The molecule has 0 spiro atoms. The topological polar surface area (TPSA) is 86.6 Å². The van der Waals surface area contributed by atoms with Gasteiger partial charge in [0.15, 0.2) is 11.6 Å². The first kappa shape index (κ1) is 27.4. The highest BCUT2D eigenvalue weighted by Gasteiger charge is 2.38. The van der Waals surface area contributed by atoms with Crippen LogP contribution in [0.3, 0.4) is 0 Å². The van der Waals surface area contributed by atoms with Gasteiger partial charge in [0.25, 0.3) is 5.88 Å². The fourth-order valence-electron chi connectivity index (χ4n) is 5.47. The van der Waals surface area contributed by atoms with Crippen LogP contribution in [0.15, 0.2) is 24.5 Å². The van der Waals surface area contributed by atoms with E-state index in [4.69, 9.17) is 19.3 Å². The quantitative estimate of drug-likeness (QED) is 0.398. The van der Waals surface area contributed by atoms with Crippen molar-refractivity contribution >= 4 is 22.5 Å². The summed E-state index contributed by atoms with van der Waals surface area (Å²) in [6.45, 7) is 3.98. The molecule has 3 aromatic heterocycles. The first-order chi connectivity index (χ1) is 18.7. The van der Waals surface area contributed by atoms with E-state index in [1.165, 1.54) is 0 Å². The van der Waals surface area contributed by atoms with Crippen LogP contribution in [-0.2, 0) is 15.7 Å². The number of aromatic nitrogens is 4. The number of alkyl halides is 3. The molecule has 0 radical (unpaired) electrons. The Morgan fingerprint density at radius 3 is 2.36 bits per heavy atom.